The smallest absolute Gasteiger partial charge is 0.248 e. The highest BCUT2D eigenvalue weighted by Gasteiger charge is 2.56. The van der Waals surface area contributed by atoms with E-state index >= 15 is 0 Å². The standard InChI is InChI=1S/C21H29N5O2/c1-15(2)19-22-20(24-23-19)17-10-25(9-16-7-5-4-6-8-16)12-21(17)13-26(14-21)18(27)11-28-3/h4-8,15,17H,9-14H2,1-3H3,(H,22,23,24). The molecule has 0 aliphatic carbocycles. The van der Waals surface area contributed by atoms with Crippen molar-refractivity contribution in [3.63, 3.8) is 0 Å². The maximum absolute atomic E-state index is 12.2. The van der Waals surface area contributed by atoms with Gasteiger partial charge in [0.2, 0.25) is 5.91 Å². The first-order valence-electron chi connectivity index (χ1n) is 9.96. The van der Waals surface area contributed by atoms with E-state index in [0.29, 0.717) is 5.92 Å². The fourth-order valence-corrected chi connectivity index (χ4v) is 4.54. The van der Waals surface area contributed by atoms with Gasteiger partial charge in [0, 0.05) is 57.1 Å². The van der Waals surface area contributed by atoms with Crippen LogP contribution in [0, 0.1) is 5.41 Å². The molecule has 1 N–H and O–H groups in total. The van der Waals surface area contributed by atoms with Gasteiger partial charge in [-0.25, -0.2) is 4.98 Å². The maximum Gasteiger partial charge on any atom is 0.248 e. The summed E-state index contributed by atoms with van der Waals surface area (Å²) < 4.78 is 5.02. The molecule has 7 nitrogen and oxygen atoms in total. The number of nitrogens with zero attached hydrogens (tertiary/aromatic N) is 4. The molecule has 2 fully saturated rings. The van der Waals surface area contributed by atoms with Crippen LogP contribution in [0.15, 0.2) is 30.3 Å². The summed E-state index contributed by atoms with van der Waals surface area (Å²) in [7, 11) is 1.56. The predicted molar refractivity (Wildman–Crippen MR) is 106 cm³/mol. The fourth-order valence-electron chi connectivity index (χ4n) is 4.54. The van der Waals surface area contributed by atoms with Gasteiger partial charge in [0.25, 0.3) is 0 Å². The number of carbonyl (C=O) groups is 1. The Balaban J connectivity index is 1.53. The lowest BCUT2D eigenvalue weighted by Crippen LogP contribution is -2.62. The van der Waals surface area contributed by atoms with Crippen LogP contribution in [-0.4, -0.2) is 70.8 Å². The van der Waals surface area contributed by atoms with Crippen LogP contribution in [-0.2, 0) is 16.1 Å². The van der Waals surface area contributed by atoms with Crippen molar-refractivity contribution < 1.29 is 9.53 Å². The van der Waals surface area contributed by atoms with Gasteiger partial charge in [0.15, 0.2) is 5.82 Å². The second-order valence-electron chi connectivity index (χ2n) is 8.49. The number of ether oxygens (including phenoxy) is 1. The fraction of sp³-hybridized carbons (Fsp3) is 0.571. The highest BCUT2D eigenvalue weighted by molar-refractivity contribution is 5.78. The third kappa shape index (κ3) is 3.56. The number of hydrogen-bond donors (Lipinski definition) is 1. The number of rotatable bonds is 6. The molecule has 150 valence electrons. The predicted octanol–water partition coefficient (Wildman–Crippen LogP) is 2.00. The van der Waals surface area contributed by atoms with Gasteiger partial charge >= 0.3 is 0 Å². The molecule has 28 heavy (non-hydrogen) atoms. The first-order chi connectivity index (χ1) is 13.5. The van der Waals surface area contributed by atoms with Crippen LogP contribution in [0.5, 0.6) is 0 Å². The Morgan fingerprint density at radius 2 is 2.04 bits per heavy atom. The number of H-pyrrole nitrogens is 1. The molecule has 1 aromatic carbocycles. The Morgan fingerprint density at radius 3 is 2.68 bits per heavy atom. The summed E-state index contributed by atoms with van der Waals surface area (Å²) in [5.74, 6) is 2.43. The van der Waals surface area contributed by atoms with Gasteiger partial charge in [-0.05, 0) is 5.56 Å². The molecular weight excluding hydrogens is 354 g/mol. The van der Waals surface area contributed by atoms with E-state index in [-0.39, 0.29) is 23.8 Å². The first kappa shape index (κ1) is 19.1. The number of nitrogens with one attached hydrogen (secondary N) is 1. The molecule has 1 spiro atoms. The van der Waals surface area contributed by atoms with Crippen molar-refractivity contribution >= 4 is 5.91 Å². The van der Waals surface area contributed by atoms with Crippen molar-refractivity contribution in [1.29, 1.82) is 0 Å². The van der Waals surface area contributed by atoms with Crippen molar-refractivity contribution in [2.45, 2.75) is 32.2 Å². The molecule has 1 atom stereocenters. The van der Waals surface area contributed by atoms with Crippen LogP contribution in [0.3, 0.4) is 0 Å². The Kier molecular flexibility index (Phi) is 5.21. The molecule has 1 unspecified atom stereocenters. The Labute approximate surface area is 166 Å². The summed E-state index contributed by atoms with van der Waals surface area (Å²) in [5.41, 5.74) is 1.34. The zero-order valence-corrected chi connectivity index (χ0v) is 16.9. The lowest BCUT2D eigenvalue weighted by Gasteiger charge is -2.50. The largest absolute Gasteiger partial charge is 0.375 e. The number of carbonyl (C=O) groups excluding carboxylic acids is 1. The van der Waals surface area contributed by atoms with Gasteiger partial charge in [-0.15, -0.1) is 0 Å². The van der Waals surface area contributed by atoms with Crippen molar-refractivity contribution in [2.75, 3.05) is 39.9 Å². The van der Waals surface area contributed by atoms with Gasteiger partial charge in [-0.3, -0.25) is 14.8 Å². The Hall–Kier alpha value is -2.25. The molecule has 3 heterocycles. The number of likely N-dealkylation sites (tertiary alicyclic amines) is 2. The van der Waals surface area contributed by atoms with E-state index in [9.17, 15) is 4.79 Å². The quantitative estimate of drug-likeness (QED) is 0.826. The van der Waals surface area contributed by atoms with Crippen LogP contribution < -0.4 is 0 Å². The highest BCUT2D eigenvalue weighted by Crippen LogP contribution is 2.48. The summed E-state index contributed by atoms with van der Waals surface area (Å²) in [6, 6.07) is 10.5. The van der Waals surface area contributed by atoms with Crippen molar-refractivity contribution in [3.8, 4) is 0 Å². The van der Waals surface area contributed by atoms with Gasteiger partial charge in [-0.2, -0.15) is 5.10 Å². The van der Waals surface area contributed by atoms with Crippen molar-refractivity contribution in [1.82, 2.24) is 25.0 Å². The first-order valence-corrected chi connectivity index (χ1v) is 9.96. The summed E-state index contributed by atoms with van der Waals surface area (Å²) in [6.07, 6.45) is 0. The maximum atomic E-state index is 12.2. The minimum absolute atomic E-state index is 0.0337. The van der Waals surface area contributed by atoms with E-state index in [1.807, 2.05) is 11.0 Å². The molecule has 2 aromatic rings. The van der Waals surface area contributed by atoms with Crippen LogP contribution >= 0.6 is 0 Å². The van der Waals surface area contributed by atoms with Crippen LogP contribution in [0.25, 0.3) is 0 Å². The monoisotopic (exact) mass is 383 g/mol. The SMILES string of the molecule is COCC(=O)N1CC2(CN(Cc3ccccc3)CC2c2nc(C(C)C)n[nH]2)C1. The average Bonchev–Trinajstić information content (AvgIpc) is 3.26. The molecule has 2 saturated heterocycles. The molecule has 7 heteroatoms. The highest BCUT2D eigenvalue weighted by atomic mass is 16.5. The second kappa shape index (κ2) is 7.64. The second-order valence-corrected chi connectivity index (χ2v) is 8.49. The molecule has 1 amide bonds. The minimum atomic E-state index is 0.0337. The normalized spacial score (nSPS) is 21.4. The van der Waals surface area contributed by atoms with Gasteiger partial charge in [0.1, 0.15) is 12.4 Å². The number of benzene rings is 1. The average molecular weight is 383 g/mol. The molecule has 0 radical (unpaired) electrons. The lowest BCUT2D eigenvalue weighted by molar-refractivity contribution is -0.147. The zero-order valence-electron chi connectivity index (χ0n) is 16.9. The molecule has 4 rings (SSSR count). The summed E-state index contributed by atoms with van der Waals surface area (Å²) in [5, 5.41) is 7.61. The van der Waals surface area contributed by atoms with E-state index in [1.54, 1.807) is 7.11 Å². The lowest BCUT2D eigenvalue weighted by atomic mass is 9.71. The van der Waals surface area contributed by atoms with E-state index in [2.05, 4.69) is 53.2 Å². The minimum Gasteiger partial charge on any atom is -0.375 e. The van der Waals surface area contributed by atoms with Crippen molar-refractivity contribution in [2.24, 2.45) is 5.41 Å². The number of amides is 1. The molecule has 1 aromatic heterocycles. The van der Waals surface area contributed by atoms with Crippen LogP contribution in [0.2, 0.25) is 0 Å². The third-order valence-corrected chi connectivity index (χ3v) is 5.97. The number of hydrogen-bond acceptors (Lipinski definition) is 5. The molecule has 0 saturated carbocycles. The summed E-state index contributed by atoms with van der Waals surface area (Å²) >= 11 is 0. The number of aromatic amines is 1. The Morgan fingerprint density at radius 1 is 1.29 bits per heavy atom. The molecule has 2 aliphatic rings. The van der Waals surface area contributed by atoms with E-state index in [4.69, 9.17) is 9.72 Å². The topological polar surface area (TPSA) is 74.3 Å². The van der Waals surface area contributed by atoms with Crippen molar-refractivity contribution in [3.05, 3.63) is 47.5 Å². The van der Waals surface area contributed by atoms with Crippen LogP contribution in [0.4, 0.5) is 0 Å². The van der Waals surface area contributed by atoms with E-state index in [1.165, 1.54) is 5.56 Å². The summed E-state index contributed by atoms with van der Waals surface area (Å²) in [6.45, 7) is 8.66. The van der Waals surface area contributed by atoms with E-state index in [0.717, 1.165) is 44.4 Å². The van der Waals surface area contributed by atoms with Gasteiger partial charge in [-0.1, -0.05) is 44.2 Å². The van der Waals surface area contributed by atoms with Gasteiger partial charge < -0.3 is 9.64 Å². The third-order valence-electron chi connectivity index (χ3n) is 5.97. The molecular formula is C21H29N5O2. The van der Waals surface area contributed by atoms with Crippen LogP contribution in [0.1, 0.15) is 42.9 Å². The van der Waals surface area contributed by atoms with E-state index < -0.39 is 0 Å². The van der Waals surface area contributed by atoms with Gasteiger partial charge in [0.05, 0.1) is 0 Å². The summed E-state index contributed by atoms with van der Waals surface area (Å²) in [4.78, 5) is 21.4. The molecule has 2 aliphatic heterocycles. The zero-order chi connectivity index (χ0) is 19.7. The molecule has 0 bridgehead atoms. The number of aromatic nitrogens is 3. The number of methoxy groups -OCH3 is 1. The Bertz CT molecular complexity index is 813.